The van der Waals surface area contributed by atoms with E-state index in [0.717, 1.165) is 0 Å². The smallest absolute Gasteiger partial charge is 0.349 e. The molecule has 0 amide bonds. The predicted molar refractivity (Wildman–Crippen MR) is 42.4 cm³/mol. The highest BCUT2D eigenvalue weighted by atomic mass is 79.9. The van der Waals surface area contributed by atoms with Gasteiger partial charge in [-0.2, -0.15) is 0 Å². The van der Waals surface area contributed by atoms with Crippen LogP contribution in [0.3, 0.4) is 0 Å². The largest absolute Gasteiger partial charge is 0.508 e. The number of aromatic hydroxyl groups is 1. The zero-order chi connectivity index (χ0) is 8.27. The van der Waals surface area contributed by atoms with Crippen LogP contribution in [0.15, 0.2) is 24.3 Å². The Bertz CT molecular complexity index is 272. The van der Waals surface area contributed by atoms with E-state index in [9.17, 15) is 4.79 Å². The lowest BCUT2D eigenvalue weighted by molar-refractivity contribution is 0.0781. The Morgan fingerprint density at radius 1 is 1.55 bits per heavy atom. The van der Waals surface area contributed by atoms with Gasteiger partial charge in [-0.3, -0.25) is 0 Å². The molecule has 11 heavy (non-hydrogen) atoms. The molecule has 0 aromatic heterocycles. The van der Waals surface area contributed by atoms with Gasteiger partial charge in [0.1, 0.15) is 5.75 Å². The summed E-state index contributed by atoms with van der Waals surface area (Å²) < 4.78 is 4.25. The maximum absolute atomic E-state index is 10.8. The van der Waals surface area contributed by atoms with Crippen molar-refractivity contribution in [1.29, 1.82) is 0 Å². The molecule has 3 nitrogen and oxygen atoms in total. The van der Waals surface area contributed by atoms with Gasteiger partial charge < -0.3 is 8.93 Å². The monoisotopic (exact) mass is 216 g/mol. The van der Waals surface area contributed by atoms with E-state index in [0.29, 0.717) is 5.56 Å². The van der Waals surface area contributed by atoms with E-state index in [2.05, 4.69) is 20.1 Å². The lowest BCUT2D eigenvalue weighted by atomic mass is 10.2. The molecule has 58 valence electrons. The van der Waals surface area contributed by atoms with E-state index < -0.39 is 5.97 Å². The van der Waals surface area contributed by atoms with E-state index >= 15 is 0 Å². The van der Waals surface area contributed by atoms with Gasteiger partial charge in [-0.25, -0.2) is 4.79 Å². The third-order valence-electron chi connectivity index (χ3n) is 1.15. The Hall–Kier alpha value is -1.03. The Labute approximate surface area is 72.1 Å². The van der Waals surface area contributed by atoms with Gasteiger partial charge in [-0.05, 0) is 18.2 Å². The van der Waals surface area contributed by atoms with Gasteiger partial charge in [-0.1, -0.05) is 6.07 Å². The number of hydrogen-bond donors (Lipinski definition) is 1. The van der Waals surface area contributed by atoms with Crippen molar-refractivity contribution < 1.29 is 13.7 Å². The van der Waals surface area contributed by atoms with Gasteiger partial charge in [0.2, 0.25) is 0 Å². The minimum absolute atomic E-state index is 0.0420. The lowest BCUT2D eigenvalue weighted by Gasteiger charge is -1.95. The highest BCUT2D eigenvalue weighted by molar-refractivity contribution is 9.06. The van der Waals surface area contributed by atoms with Crippen LogP contribution in [0.4, 0.5) is 0 Å². The molecule has 0 saturated carbocycles. The molecule has 0 heterocycles. The van der Waals surface area contributed by atoms with Crippen LogP contribution >= 0.6 is 16.3 Å². The van der Waals surface area contributed by atoms with Crippen LogP contribution in [0.2, 0.25) is 0 Å². The second kappa shape index (κ2) is 3.39. The third-order valence-corrected chi connectivity index (χ3v) is 1.45. The van der Waals surface area contributed by atoms with Crippen molar-refractivity contribution in [2.75, 3.05) is 0 Å². The summed E-state index contributed by atoms with van der Waals surface area (Å²) in [4.78, 5) is 10.8. The Morgan fingerprint density at radius 3 is 2.82 bits per heavy atom. The first-order valence-electron chi connectivity index (χ1n) is 2.86. The van der Waals surface area contributed by atoms with Crippen molar-refractivity contribution in [3.8, 4) is 5.75 Å². The number of rotatable bonds is 1. The first-order chi connectivity index (χ1) is 5.24. The topological polar surface area (TPSA) is 46.5 Å². The minimum Gasteiger partial charge on any atom is -0.508 e. The molecular formula is C7H5BrO3. The first kappa shape index (κ1) is 8.07. The van der Waals surface area contributed by atoms with Crippen molar-refractivity contribution in [2.45, 2.75) is 0 Å². The third kappa shape index (κ3) is 1.94. The molecule has 0 radical (unpaired) electrons. The molecule has 0 aliphatic carbocycles. The fourth-order valence-corrected chi connectivity index (χ4v) is 0.864. The fourth-order valence-electron chi connectivity index (χ4n) is 0.677. The maximum Gasteiger partial charge on any atom is 0.349 e. The zero-order valence-corrected chi connectivity index (χ0v) is 7.04. The van der Waals surface area contributed by atoms with Crippen LogP contribution in [0.25, 0.3) is 0 Å². The Morgan fingerprint density at radius 2 is 2.27 bits per heavy atom. The van der Waals surface area contributed by atoms with Gasteiger partial charge >= 0.3 is 5.97 Å². The van der Waals surface area contributed by atoms with Crippen molar-refractivity contribution in [3.63, 3.8) is 0 Å². The molecule has 1 aromatic rings. The maximum atomic E-state index is 10.8. The number of phenolic OH excluding ortho intramolecular Hbond substituents is 1. The van der Waals surface area contributed by atoms with E-state index in [1.807, 2.05) is 0 Å². The number of halogens is 1. The minimum atomic E-state index is -0.527. The SMILES string of the molecule is O=C(OBr)c1cccc(O)c1. The summed E-state index contributed by atoms with van der Waals surface area (Å²) in [5, 5.41) is 8.93. The molecular weight excluding hydrogens is 212 g/mol. The fraction of sp³-hybridized carbons (Fsp3) is 0. The normalized spacial score (nSPS) is 9.18. The summed E-state index contributed by atoms with van der Waals surface area (Å²) in [6.07, 6.45) is 0. The number of carbonyl (C=O) groups excluding carboxylic acids is 1. The Kier molecular flexibility index (Phi) is 2.48. The summed E-state index contributed by atoms with van der Waals surface area (Å²) in [6, 6.07) is 5.91. The summed E-state index contributed by atoms with van der Waals surface area (Å²) in [5.41, 5.74) is 0.307. The molecule has 0 bridgehead atoms. The molecule has 0 saturated heterocycles. The summed E-state index contributed by atoms with van der Waals surface area (Å²) in [5.74, 6) is -0.485. The van der Waals surface area contributed by atoms with Crippen LogP contribution in [0, 0.1) is 0 Å². The highest BCUT2D eigenvalue weighted by Gasteiger charge is 2.04. The van der Waals surface area contributed by atoms with E-state index in [1.54, 1.807) is 12.1 Å². The molecule has 0 spiro atoms. The van der Waals surface area contributed by atoms with Gasteiger partial charge in [0.15, 0.2) is 16.3 Å². The van der Waals surface area contributed by atoms with Gasteiger partial charge in [0.25, 0.3) is 0 Å². The van der Waals surface area contributed by atoms with Gasteiger partial charge in [0, 0.05) is 0 Å². The molecule has 1 rings (SSSR count). The lowest BCUT2D eigenvalue weighted by Crippen LogP contribution is -1.96. The average Bonchev–Trinajstić information content (AvgIpc) is 2.03. The quantitative estimate of drug-likeness (QED) is 0.780. The van der Waals surface area contributed by atoms with E-state index in [4.69, 9.17) is 5.11 Å². The van der Waals surface area contributed by atoms with Crippen molar-refractivity contribution in [2.24, 2.45) is 0 Å². The second-order valence-electron chi connectivity index (χ2n) is 1.91. The molecule has 1 aromatic carbocycles. The number of benzene rings is 1. The van der Waals surface area contributed by atoms with E-state index in [-0.39, 0.29) is 5.75 Å². The van der Waals surface area contributed by atoms with Crippen LogP contribution in [-0.2, 0) is 3.83 Å². The second-order valence-corrected chi connectivity index (χ2v) is 2.24. The van der Waals surface area contributed by atoms with Crippen molar-refractivity contribution in [1.82, 2.24) is 0 Å². The average molecular weight is 217 g/mol. The molecule has 0 aliphatic rings. The van der Waals surface area contributed by atoms with Crippen molar-refractivity contribution in [3.05, 3.63) is 29.8 Å². The van der Waals surface area contributed by atoms with Gasteiger partial charge in [0.05, 0.1) is 5.56 Å². The number of hydrogen-bond acceptors (Lipinski definition) is 3. The molecule has 0 fully saturated rings. The Balaban J connectivity index is 2.96. The summed E-state index contributed by atoms with van der Waals surface area (Å²) in [7, 11) is 0. The number of carbonyl (C=O) groups is 1. The van der Waals surface area contributed by atoms with Crippen LogP contribution in [0.1, 0.15) is 10.4 Å². The highest BCUT2D eigenvalue weighted by Crippen LogP contribution is 2.12. The van der Waals surface area contributed by atoms with Gasteiger partial charge in [-0.15, -0.1) is 0 Å². The van der Waals surface area contributed by atoms with E-state index in [1.165, 1.54) is 12.1 Å². The molecule has 0 atom stereocenters. The molecule has 1 N–H and O–H groups in total. The summed E-state index contributed by atoms with van der Waals surface area (Å²) >= 11 is 2.54. The molecule has 0 unspecified atom stereocenters. The molecule has 4 heteroatoms. The standard InChI is InChI=1S/C7H5BrO3/c8-11-7(10)5-2-1-3-6(9)4-5/h1-4,9H. The van der Waals surface area contributed by atoms with Crippen LogP contribution in [0.5, 0.6) is 5.75 Å². The van der Waals surface area contributed by atoms with Crippen molar-refractivity contribution >= 4 is 22.2 Å². The predicted octanol–water partition coefficient (Wildman–Crippen LogP) is 1.86. The molecule has 0 aliphatic heterocycles. The van der Waals surface area contributed by atoms with Crippen LogP contribution < -0.4 is 0 Å². The summed E-state index contributed by atoms with van der Waals surface area (Å²) in [6.45, 7) is 0. The first-order valence-corrected chi connectivity index (χ1v) is 3.51. The number of phenols is 1. The zero-order valence-electron chi connectivity index (χ0n) is 5.45. The van der Waals surface area contributed by atoms with Crippen LogP contribution in [-0.4, -0.2) is 11.1 Å².